The topological polar surface area (TPSA) is 87.3 Å². The Hall–Kier alpha value is -2.63. The number of amides is 2. The van der Waals surface area contributed by atoms with E-state index in [1.54, 1.807) is 7.05 Å². The molecule has 184 valence electrons. The van der Waals surface area contributed by atoms with Gasteiger partial charge >= 0.3 is 0 Å². The number of benzene rings is 1. The Labute approximate surface area is 203 Å². The first-order valence-electron chi connectivity index (χ1n) is 13.1. The first-order chi connectivity index (χ1) is 16.5. The van der Waals surface area contributed by atoms with Gasteiger partial charge < -0.3 is 16.0 Å². The van der Waals surface area contributed by atoms with Crippen molar-refractivity contribution in [2.75, 3.05) is 12.4 Å². The molecule has 6 nitrogen and oxygen atoms in total. The quantitative estimate of drug-likeness (QED) is 0.579. The molecule has 3 aliphatic rings. The zero-order valence-electron chi connectivity index (χ0n) is 20.4. The molecule has 0 saturated heterocycles. The standard InChI is InChI=1S/C28H39N3O3/c1-29-27(34)28-19-22(28)13-6-3-2-4-9-16-24(30-23-14-7-5-8-15-23)25(32)18-20-11-10-12-21(17-20)26(33)31-28/h5-8,13-15,20-22,24,30H,2-4,9-12,16-19H2,1H3,(H,29,34)(H,31,33)/b13-6-/t20?,21-,22-,24+,28-/m1/s1. The van der Waals surface area contributed by atoms with Crippen molar-refractivity contribution in [2.24, 2.45) is 17.8 Å². The second-order valence-corrected chi connectivity index (χ2v) is 10.4. The summed E-state index contributed by atoms with van der Waals surface area (Å²) in [6, 6.07) is 9.78. The summed E-state index contributed by atoms with van der Waals surface area (Å²) < 4.78 is 0. The van der Waals surface area contributed by atoms with Crippen LogP contribution in [0.15, 0.2) is 42.5 Å². The molecular formula is C28H39N3O3. The molecule has 2 bridgehead atoms. The molecule has 0 radical (unpaired) electrons. The first kappa shape index (κ1) is 24.5. The van der Waals surface area contributed by atoms with Gasteiger partial charge in [0.1, 0.15) is 5.54 Å². The van der Waals surface area contributed by atoms with Gasteiger partial charge in [0.15, 0.2) is 5.78 Å². The van der Waals surface area contributed by atoms with E-state index in [9.17, 15) is 14.4 Å². The Balaban J connectivity index is 1.48. The molecule has 3 N–H and O–H groups in total. The van der Waals surface area contributed by atoms with Gasteiger partial charge in [-0.25, -0.2) is 0 Å². The van der Waals surface area contributed by atoms with Gasteiger partial charge in [0, 0.05) is 31.0 Å². The molecule has 0 spiro atoms. The molecule has 1 unspecified atom stereocenters. The van der Waals surface area contributed by atoms with Crippen molar-refractivity contribution in [3.05, 3.63) is 42.5 Å². The number of hydrogen-bond acceptors (Lipinski definition) is 4. The highest BCUT2D eigenvalue weighted by Gasteiger charge is 2.59. The van der Waals surface area contributed by atoms with Crippen molar-refractivity contribution in [3.63, 3.8) is 0 Å². The SMILES string of the molecule is CNC(=O)[C@@]12C[C@H]1/C=C\CCCCC[C@H](Nc1ccccc1)C(=O)CC1CCC[C@H](C1)C(=O)N2. The normalized spacial score (nSPS) is 33.6. The van der Waals surface area contributed by atoms with E-state index < -0.39 is 5.54 Å². The minimum atomic E-state index is -0.802. The highest BCUT2D eigenvalue weighted by molar-refractivity contribution is 5.95. The van der Waals surface area contributed by atoms with E-state index >= 15 is 0 Å². The monoisotopic (exact) mass is 465 g/mol. The summed E-state index contributed by atoms with van der Waals surface area (Å²) >= 11 is 0. The highest BCUT2D eigenvalue weighted by Crippen LogP contribution is 2.46. The molecule has 2 saturated carbocycles. The van der Waals surface area contributed by atoms with E-state index in [-0.39, 0.29) is 41.4 Å². The molecule has 1 heterocycles. The zero-order chi connectivity index (χ0) is 24.0. The van der Waals surface area contributed by atoms with Crippen LogP contribution < -0.4 is 16.0 Å². The summed E-state index contributed by atoms with van der Waals surface area (Å²) in [6.07, 6.45) is 13.8. The molecule has 5 atom stereocenters. The van der Waals surface area contributed by atoms with Gasteiger partial charge in [-0.3, -0.25) is 14.4 Å². The highest BCUT2D eigenvalue weighted by atomic mass is 16.2. The number of ketones is 1. The summed E-state index contributed by atoms with van der Waals surface area (Å²) in [5.74, 6) is 0.273. The van der Waals surface area contributed by atoms with Crippen molar-refractivity contribution in [3.8, 4) is 0 Å². The lowest BCUT2D eigenvalue weighted by molar-refractivity contribution is -0.133. The van der Waals surface area contributed by atoms with E-state index in [0.717, 1.165) is 63.5 Å². The molecule has 1 aromatic carbocycles. The van der Waals surface area contributed by atoms with Gasteiger partial charge in [0.05, 0.1) is 6.04 Å². The van der Waals surface area contributed by atoms with Crippen LogP contribution in [0.25, 0.3) is 0 Å². The third kappa shape index (κ3) is 5.89. The number of nitrogens with one attached hydrogen (secondary N) is 3. The van der Waals surface area contributed by atoms with E-state index in [4.69, 9.17) is 0 Å². The zero-order valence-corrected chi connectivity index (χ0v) is 20.4. The largest absolute Gasteiger partial charge is 0.375 e. The average Bonchev–Trinajstić information content (AvgIpc) is 3.55. The van der Waals surface area contributed by atoms with Gasteiger partial charge in [-0.15, -0.1) is 0 Å². The van der Waals surface area contributed by atoms with Crippen LogP contribution in [0.5, 0.6) is 0 Å². The molecular weight excluding hydrogens is 426 g/mol. The van der Waals surface area contributed by atoms with Crippen molar-refractivity contribution >= 4 is 23.3 Å². The number of carbonyl (C=O) groups is 3. The maximum atomic E-state index is 13.4. The van der Waals surface area contributed by atoms with E-state index in [0.29, 0.717) is 12.8 Å². The second kappa shape index (κ2) is 11.2. The van der Waals surface area contributed by atoms with E-state index in [1.807, 2.05) is 30.3 Å². The third-order valence-corrected chi connectivity index (χ3v) is 7.87. The lowest BCUT2D eigenvalue weighted by Crippen LogP contribution is -2.51. The van der Waals surface area contributed by atoms with Crippen LogP contribution in [-0.2, 0) is 14.4 Å². The predicted octanol–water partition coefficient (Wildman–Crippen LogP) is 4.37. The Kier molecular flexibility index (Phi) is 8.07. The minimum Gasteiger partial charge on any atom is -0.375 e. The van der Waals surface area contributed by atoms with Gasteiger partial charge in [0.25, 0.3) is 0 Å². The Morgan fingerprint density at radius 2 is 1.85 bits per heavy atom. The predicted molar refractivity (Wildman–Crippen MR) is 134 cm³/mol. The molecule has 2 aliphatic carbocycles. The van der Waals surface area contributed by atoms with Crippen LogP contribution >= 0.6 is 0 Å². The average molecular weight is 466 g/mol. The van der Waals surface area contributed by atoms with Gasteiger partial charge in [-0.05, 0) is 63.0 Å². The molecule has 1 aliphatic heterocycles. The number of Topliss-reactive ketones (excluding diaryl/α,β-unsaturated/α-hetero) is 1. The number of para-hydroxylation sites is 1. The Morgan fingerprint density at radius 3 is 2.65 bits per heavy atom. The molecule has 34 heavy (non-hydrogen) atoms. The van der Waals surface area contributed by atoms with Crippen molar-refractivity contribution in [1.29, 1.82) is 0 Å². The van der Waals surface area contributed by atoms with Crippen LogP contribution in [0.3, 0.4) is 0 Å². The van der Waals surface area contributed by atoms with Crippen LogP contribution in [0, 0.1) is 17.8 Å². The number of likely N-dealkylation sites (N-methyl/N-ethyl adjacent to an activating group) is 1. The molecule has 6 heteroatoms. The number of hydrogen-bond donors (Lipinski definition) is 3. The molecule has 4 rings (SSSR count). The van der Waals surface area contributed by atoms with E-state index in [1.165, 1.54) is 0 Å². The number of anilines is 1. The van der Waals surface area contributed by atoms with Crippen LogP contribution in [0.2, 0.25) is 0 Å². The number of fused-ring (bicyclic) bond motifs is 3. The van der Waals surface area contributed by atoms with Crippen LogP contribution in [0.4, 0.5) is 5.69 Å². The van der Waals surface area contributed by atoms with Gasteiger partial charge in [0.2, 0.25) is 11.8 Å². The lowest BCUT2D eigenvalue weighted by atomic mass is 9.77. The summed E-state index contributed by atoms with van der Waals surface area (Å²) in [5.41, 5.74) is 0.179. The van der Waals surface area contributed by atoms with E-state index in [2.05, 4.69) is 28.1 Å². The molecule has 2 fully saturated rings. The van der Waals surface area contributed by atoms with Crippen LogP contribution in [-0.4, -0.2) is 36.2 Å². The Morgan fingerprint density at radius 1 is 1.03 bits per heavy atom. The minimum absolute atomic E-state index is 0.0278. The van der Waals surface area contributed by atoms with Gasteiger partial charge in [-0.1, -0.05) is 49.6 Å². The number of carbonyl (C=O) groups excluding carboxylic acids is 3. The summed E-state index contributed by atoms with van der Waals surface area (Å²) in [7, 11) is 1.63. The Bertz CT molecular complexity index is 899. The molecule has 0 aromatic heterocycles. The second-order valence-electron chi connectivity index (χ2n) is 10.4. The molecule has 2 amide bonds. The maximum Gasteiger partial charge on any atom is 0.246 e. The fourth-order valence-electron chi connectivity index (χ4n) is 5.77. The first-order valence-corrected chi connectivity index (χ1v) is 13.1. The third-order valence-electron chi connectivity index (χ3n) is 7.87. The van der Waals surface area contributed by atoms with Crippen molar-refractivity contribution in [1.82, 2.24) is 10.6 Å². The number of rotatable bonds is 3. The molecule has 1 aromatic rings. The summed E-state index contributed by atoms with van der Waals surface area (Å²) in [5, 5.41) is 9.34. The van der Waals surface area contributed by atoms with Crippen molar-refractivity contribution in [2.45, 2.75) is 82.2 Å². The van der Waals surface area contributed by atoms with Gasteiger partial charge in [-0.2, -0.15) is 0 Å². The maximum absolute atomic E-state index is 13.4. The summed E-state index contributed by atoms with van der Waals surface area (Å²) in [4.78, 5) is 39.2. The summed E-state index contributed by atoms with van der Waals surface area (Å²) in [6.45, 7) is 0. The van der Waals surface area contributed by atoms with Crippen molar-refractivity contribution < 1.29 is 14.4 Å². The number of allylic oxidation sites excluding steroid dienone is 1. The lowest BCUT2D eigenvalue weighted by Gasteiger charge is -2.30. The van der Waals surface area contributed by atoms with Crippen LogP contribution in [0.1, 0.15) is 70.6 Å². The smallest absolute Gasteiger partial charge is 0.246 e. The fourth-order valence-corrected chi connectivity index (χ4v) is 5.77. The fraction of sp³-hybridized carbons (Fsp3) is 0.607.